The molecular weight excluding hydrogens is 350 g/mol. The van der Waals surface area contributed by atoms with Gasteiger partial charge in [-0.2, -0.15) is 0 Å². The molecule has 0 atom stereocenters. The Labute approximate surface area is 147 Å². The number of benzene rings is 2. The van der Waals surface area contributed by atoms with Crippen LogP contribution in [-0.4, -0.2) is 9.97 Å². The fourth-order valence-corrected chi connectivity index (χ4v) is 3.25. The van der Waals surface area contributed by atoms with Crippen molar-refractivity contribution in [3.05, 3.63) is 76.4 Å². The molecular formula is C18H13ClF2N2S. The lowest BCUT2D eigenvalue weighted by Gasteiger charge is -2.07. The van der Waals surface area contributed by atoms with E-state index < -0.39 is 11.6 Å². The highest BCUT2D eigenvalue weighted by Gasteiger charge is 2.08. The minimum Gasteiger partial charge on any atom is -0.233 e. The number of hydrogen-bond donors (Lipinski definition) is 0. The van der Waals surface area contributed by atoms with Gasteiger partial charge in [0.2, 0.25) is 0 Å². The largest absolute Gasteiger partial charge is 0.233 e. The van der Waals surface area contributed by atoms with Crippen LogP contribution in [0, 0.1) is 18.6 Å². The summed E-state index contributed by atoms with van der Waals surface area (Å²) in [6.07, 6.45) is 0. The van der Waals surface area contributed by atoms with Gasteiger partial charge in [-0.25, -0.2) is 18.7 Å². The van der Waals surface area contributed by atoms with E-state index >= 15 is 0 Å². The molecule has 0 N–H and O–H groups in total. The van der Waals surface area contributed by atoms with Gasteiger partial charge < -0.3 is 0 Å². The van der Waals surface area contributed by atoms with Crippen molar-refractivity contribution in [1.29, 1.82) is 0 Å². The standard InChI is InChI=1S/C18H13ClF2N2S/c1-11-7-17(24-10-12-5-6-15(20)16(21)8-12)23-18(22-11)13-3-2-4-14(19)9-13/h2-9H,10H2,1H3. The number of thioether (sulfide) groups is 1. The molecule has 0 amide bonds. The molecule has 0 aliphatic carbocycles. The van der Waals surface area contributed by atoms with Crippen LogP contribution in [0.15, 0.2) is 53.6 Å². The van der Waals surface area contributed by atoms with E-state index in [2.05, 4.69) is 9.97 Å². The summed E-state index contributed by atoms with van der Waals surface area (Å²) in [6.45, 7) is 1.89. The molecule has 1 aromatic heterocycles. The number of nitrogens with zero attached hydrogens (tertiary/aromatic N) is 2. The Balaban J connectivity index is 1.82. The normalized spacial score (nSPS) is 10.8. The molecule has 122 valence electrons. The number of aryl methyl sites for hydroxylation is 1. The quantitative estimate of drug-likeness (QED) is 0.441. The van der Waals surface area contributed by atoms with Crippen molar-refractivity contribution in [1.82, 2.24) is 9.97 Å². The maximum atomic E-state index is 13.3. The third kappa shape index (κ3) is 4.10. The molecule has 0 saturated carbocycles. The van der Waals surface area contributed by atoms with Crippen molar-refractivity contribution >= 4 is 23.4 Å². The van der Waals surface area contributed by atoms with Gasteiger partial charge in [-0.05, 0) is 42.8 Å². The van der Waals surface area contributed by atoms with Gasteiger partial charge in [0.25, 0.3) is 0 Å². The number of rotatable bonds is 4. The first-order valence-electron chi connectivity index (χ1n) is 7.19. The van der Waals surface area contributed by atoms with E-state index in [1.807, 2.05) is 25.1 Å². The molecule has 0 fully saturated rings. The van der Waals surface area contributed by atoms with E-state index in [9.17, 15) is 8.78 Å². The minimum atomic E-state index is -0.843. The van der Waals surface area contributed by atoms with Crippen molar-refractivity contribution in [2.24, 2.45) is 0 Å². The molecule has 0 aliphatic rings. The zero-order chi connectivity index (χ0) is 17.1. The van der Waals surface area contributed by atoms with Crippen LogP contribution in [0.25, 0.3) is 11.4 Å². The smallest absolute Gasteiger partial charge is 0.160 e. The van der Waals surface area contributed by atoms with E-state index in [1.165, 1.54) is 17.8 Å². The third-order valence-corrected chi connectivity index (χ3v) is 4.50. The molecule has 6 heteroatoms. The van der Waals surface area contributed by atoms with Crippen molar-refractivity contribution in [3.63, 3.8) is 0 Å². The summed E-state index contributed by atoms with van der Waals surface area (Å²) in [5, 5.41) is 1.39. The Kier molecular flexibility index (Phi) is 5.11. The molecule has 2 aromatic carbocycles. The summed E-state index contributed by atoms with van der Waals surface area (Å²) in [6, 6.07) is 13.1. The SMILES string of the molecule is Cc1cc(SCc2ccc(F)c(F)c2)nc(-c2cccc(Cl)c2)n1. The van der Waals surface area contributed by atoms with Crippen LogP contribution in [0.2, 0.25) is 5.02 Å². The minimum absolute atomic E-state index is 0.489. The van der Waals surface area contributed by atoms with Gasteiger partial charge in [-0.15, -0.1) is 11.8 Å². The van der Waals surface area contributed by atoms with Crippen LogP contribution in [0.4, 0.5) is 8.78 Å². The molecule has 0 radical (unpaired) electrons. The molecule has 0 saturated heterocycles. The maximum Gasteiger partial charge on any atom is 0.160 e. The Bertz CT molecular complexity index is 887. The Morgan fingerprint density at radius 2 is 1.83 bits per heavy atom. The zero-order valence-corrected chi connectivity index (χ0v) is 14.3. The maximum absolute atomic E-state index is 13.3. The van der Waals surface area contributed by atoms with Crippen LogP contribution < -0.4 is 0 Å². The van der Waals surface area contributed by atoms with Gasteiger partial charge in [-0.1, -0.05) is 29.8 Å². The average Bonchev–Trinajstić information content (AvgIpc) is 2.55. The van der Waals surface area contributed by atoms with Crippen LogP contribution >= 0.6 is 23.4 Å². The van der Waals surface area contributed by atoms with Gasteiger partial charge in [0.05, 0.1) is 0 Å². The van der Waals surface area contributed by atoms with Crippen molar-refractivity contribution in [2.45, 2.75) is 17.7 Å². The fraction of sp³-hybridized carbons (Fsp3) is 0.111. The first kappa shape index (κ1) is 16.9. The molecule has 0 unspecified atom stereocenters. The van der Waals surface area contributed by atoms with Gasteiger partial charge >= 0.3 is 0 Å². The second-order valence-corrected chi connectivity index (χ2v) is 6.65. The molecule has 2 nitrogen and oxygen atoms in total. The first-order valence-corrected chi connectivity index (χ1v) is 8.56. The third-order valence-electron chi connectivity index (χ3n) is 3.28. The molecule has 0 spiro atoms. The summed E-state index contributed by atoms with van der Waals surface area (Å²) in [5.41, 5.74) is 2.35. The predicted molar refractivity (Wildman–Crippen MR) is 93.1 cm³/mol. The topological polar surface area (TPSA) is 25.8 Å². The van der Waals surface area contributed by atoms with E-state index in [-0.39, 0.29) is 0 Å². The second kappa shape index (κ2) is 7.28. The van der Waals surface area contributed by atoms with Crippen LogP contribution in [-0.2, 0) is 5.75 Å². The monoisotopic (exact) mass is 362 g/mol. The molecule has 3 rings (SSSR count). The second-order valence-electron chi connectivity index (χ2n) is 5.22. The van der Waals surface area contributed by atoms with Crippen LogP contribution in [0.5, 0.6) is 0 Å². The highest BCUT2D eigenvalue weighted by Crippen LogP contribution is 2.26. The zero-order valence-electron chi connectivity index (χ0n) is 12.8. The lowest BCUT2D eigenvalue weighted by Crippen LogP contribution is -1.95. The molecule has 0 bridgehead atoms. The lowest BCUT2D eigenvalue weighted by atomic mass is 10.2. The van der Waals surface area contributed by atoms with E-state index in [0.717, 1.165) is 22.3 Å². The number of halogens is 3. The highest BCUT2D eigenvalue weighted by atomic mass is 35.5. The fourth-order valence-electron chi connectivity index (χ4n) is 2.16. The van der Waals surface area contributed by atoms with E-state index in [4.69, 9.17) is 11.6 Å². The van der Waals surface area contributed by atoms with Gasteiger partial charge in [0, 0.05) is 22.0 Å². The van der Waals surface area contributed by atoms with Crippen LogP contribution in [0.1, 0.15) is 11.3 Å². The predicted octanol–water partition coefficient (Wildman–Crippen LogP) is 5.68. The van der Waals surface area contributed by atoms with Crippen molar-refractivity contribution < 1.29 is 8.78 Å². The molecule has 3 aromatic rings. The number of aromatic nitrogens is 2. The van der Waals surface area contributed by atoms with Crippen molar-refractivity contribution in [2.75, 3.05) is 0 Å². The summed E-state index contributed by atoms with van der Waals surface area (Å²) >= 11 is 7.46. The molecule has 0 aliphatic heterocycles. The first-order chi connectivity index (χ1) is 11.5. The summed E-state index contributed by atoms with van der Waals surface area (Å²) in [5.74, 6) is -0.607. The number of hydrogen-bond acceptors (Lipinski definition) is 3. The molecule has 1 heterocycles. The summed E-state index contributed by atoms with van der Waals surface area (Å²) in [4.78, 5) is 8.96. The summed E-state index contributed by atoms with van der Waals surface area (Å²) < 4.78 is 26.2. The van der Waals surface area contributed by atoms with Crippen molar-refractivity contribution in [3.8, 4) is 11.4 Å². The highest BCUT2D eigenvalue weighted by molar-refractivity contribution is 7.98. The van der Waals surface area contributed by atoms with Gasteiger partial charge in [0.15, 0.2) is 17.5 Å². The Hall–Kier alpha value is -1.98. The summed E-state index contributed by atoms with van der Waals surface area (Å²) in [7, 11) is 0. The van der Waals surface area contributed by atoms with Gasteiger partial charge in [-0.3, -0.25) is 0 Å². The van der Waals surface area contributed by atoms with Gasteiger partial charge in [0.1, 0.15) is 5.03 Å². The van der Waals surface area contributed by atoms with E-state index in [1.54, 1.807) is 18.2 Å². The Morgan fingerprint density at radius 1 is 1.00 bits per heavy atom. The van der Waals surface area contributed by atoms with Crippen LogP contribution in [0.3, 0.4) is 0 Å². The average molecular weight is 363 g/mol. The lowest BCUT2D eigenvalue weighted by molar-refractivity contribution is 0.507. The molecule has 24 heavy (non-hydrogen) atoms. The Morgan fingerprint density at radius 3 is 2.58 bits per heavy atom. The van der Waals surface area contributed by atoms with E-state index in [0.29, 0.717) is 22.2 Å².